The third-order valence-corrected chi connectivity index (χ3v) is 5.47. The molecule has 2 saturated carbocycles. The molecule has 0 aromatic heterocycles. The lowest BCUT2D eigenvalue weighted by Crippen LogP contribution is -2.29. The van der Waals surface area contributed by atoms with Gasteiger partial charge in [0.15, 0.2) is 11.5 Å². The van der Waals surface area contributed by atoms with Crippen molar-refractivity contribution in [2.75, 3.05) is 7.11 Å². The first-order valence-corrected chi connectivity index (χ1v) is 9.41. The van der Waals surface area contributed by atoms with Crippen LogP contribution in [0.15, 0.2) is 18.2 Å². The molecule has 1 aromatic rings. The number of hydrogen-bond acceptors (Lipinski definition) is 4. The second kappa shape index (κ2) is 8.43. The molecule has 0 unspecified atom stereocenters. The fourth-order valence-electron chi connectivity index (χ4n) is 3.94. The van der Waals surface area contributed by atoms with E-state index in [1.165, 1.54) is 12.8 Å². The van der Waals surface area contributed by atoms with Crippen LogP contribution in [0.3, 0.4) is 0 Å². The lowest BCUT2D eigenvalue weighted by Gasteiger charge is -2.20. The molecular formula is C20H27NO5. The second-order valence-electron chi connectivity index (χ2n) is 7.24. The zero-order valence-corrected chi connectivity index (χ0v) is 15.2. The van der Waals surface area contributed by atoms with Crippen LogP contribution in [0.25, 0.3) is 0 Å². The summed E-state index contributed by atoms with van der Waals surface area (Å²) in [6.07, 6.45) is 6.27. The number of carbonyl (C=O) groups excluding carboxylic acids is 1. The number of ether oxygens (including phenoxy) is 2. The van der Waals surface area contributed by atoms with Gasteiger partial charge in [-0.3, -0.25) is 9.59 Å². The summed E-state index contributed by atoms with van der Waals surface area (Å²) in [5.74, 6) is -0.124. The molecule has 0 aliphatic heterocycles. The van der Waals surface area contributed by atoms with Gasteiger partial charge in [0.25, 0.3) is 0 Å². The topological polar surface area (TPSA) is 84.9 Å². The van der Waals surface area contributed by atoms with Crippen molar-refractivity contribution in [3.63, 3.8) is 0 Å². The molecule has 6 heteroatoms. The number of rotatable bonds is 7. The largest absolute Gasteiger partial charge is 0.493 e. The molecule has 0 bridgehead atoms. The van der Waals surface area contributed by atoms with Gasteiger partial charge >= 0.3 is 5.97 Å². The van der Waals surface area contributed by atoms with Gasteiger partial charge in [0.1, 0.15) is 0 Å². The molecule has 0 spiro atoms. The molecule has 2 N–H and O–H groups in total. The number of benzene rings is 1. The van der Waals surface area contributed by atoms with Crippen LogP contribution in [0.5, 0.6) is 11.5 Å². The minimum absolute atomic E-state index is 0.0802. The summed E-state index contributed by atoms with van der Waals surface area (Å²) in [5, 5.41) is 12.0. The number of nitrogens with one attached hydrogen (secondary N) is 1. The van der Waals surface area contributed by atoms with Crippen molar-refractivity contribution in [2.45, 2.75) is 57.6 Å². The van der Waals surface area contributed by atoms with Crippen molar-refractivity contribution >= 4 is 11.9 Å². The van der Waals surface area contributed by atoms with Crippen molar-refractivity contribution in [2.24, 2.45) is 11.8 Å². The maximum atomic E-state index is 12.4. The fraction of sp³-hybridized carbons (Fsp3) is 0.600. The smallest absolute Gasteiger partial charge is 0.306 e. The summed E-state index contributed by atoms with van der Waals surface area (Å²) in [6, 6.07) is 5.68. The predicted octanol–water partition coefficient (Wildman–Crippen LogP) is 3.13. The Hall–Kier alpha value is -2.24. The normalized spacial score (nSPS) is 23.0. The van der Waals surface area contributed by atoms with E-state index in [9.17, 15) is 9.59 Å². The highest BCUT2D eigenvalue weighted by molar-refractivity contribution is 5.80. The molecule has 142 valence electrons. The lowest BCUT2D eigenvalue weighted by molar-refractivity contribution is -0.141. The van der Waals surface area contributed by atoms with Crippen LogP contribution < -0.4 is 14.8 Å². The first kappa shape index (κ1) is 18.5. The third-order valence-electron chi connectivity index (χ3n) is 5.47. The van der Waals surface area contributed by atoms with Crippen LogP contribution in [0.1, 0.15) is 50.5 Å². The number of carboxylic acids is 1. The summed E-state index contributed by atoms with van der Waals surface area (Å²) in [5.41, 5.74) is 0.886. The molecule has 0 radical (unpaired) electrons. The molecule has 2 fully saturated rings. The van der Waals surface area contributed by atoms with E-state index < -0.39 is 11.9 Å². The van der Waals surface area contributed by atoms with Crippen molar-refractivity contribution in [1.29, 1.82) is 0 Å². The highest BCUT2D eigenvalue weighted by atomic mass is 16.5. The summed E-state index contributed by atoms with van der Waals surface area (Å²) in [7, 11) is 1.61. The van der Waals surface area contributed by atoms with Gasteiger partial charge in [-0.2, -0.15) is 0 Å². The van der Waals surface area contributed by atoms with E-state index in [4.69, 9.17) is 14.6 Å². The maximum absolute atomic E-state index is 12.4. The number of carbonyl (C=O) groups is 2. The van der Waals surface area contributed by atoms with Crippen LogP contribution in [0.2, 0.25) is 0 Å². The Bertz CT molecular complexity index is 654. The molecule has 6 nitrogen and oxygen atoms in total. The second-order valence-corrected chi connectivity index (χ2v) is 7.24. The quantitative estimate of drug-likeness (QED) is 0.779. The number of hydrogen-bond donors (Lipinski definition) is 2. The number of methoxy groups -OCH3 is 1. The molecule has 3 rings (SSSR count). The standard InChI is InChI=1S/C20H27NO5/c1-25-17-8-4-5-15(18(17)26-16-6-2-3-7-16)12-21-19(22)13-9-10-14(11-13)20(23)24/h4-5,8,13-14,16H,2-3,6-7,9-12H2,1H3,(H,21,22)(H,23,24)/t13-,14+/m1/s1. The Labute approximate surface area is 153 Å². The monoisotopic (exact) mass is 361 g/mol. The molecular weight excluding hydrogens is 334 g/mol. The molecule has 1 amide bonds. The maximum Gasteiger partial charge on any atom is 0.306 e. The van der Waals surface area contributed by atoms with Gasteiger partial charge in [-0.1, -0.05) is 12.1 Å². The van der Waals surface area contributed by atoms with Crippen LogP contribution in [-0.2, 0) is 16.1 Å². The van der Waals surface area contributed by atoms with E-state index in [1.54, 1.807) is 7.11 Å². The van der Waals surface area contributed by atoms with Gasteiger partial charge in [0.2, 0.25) is 5.91 Å². The Kier molecular flexibility index (Phi) is 6.01. The van der Waals surface area contributed by atoms with Gasteiger partial charge in [0, 0.05) is 18.0 Å². The molecule has 0 saturated heterocycles. The summed E-state index contributed by atoms with van der Waals surface area (Å²) < 4.78 is 11.6. The zero-order chi connectivity index (χ0) is 18.5. The Morgan fingerprint density at radius 3 is 2.54 bits per heavy atom. The minimum Gasteiger partial charge on any atom is -0.493 e. The van der Waals surface area contributed by atoms with Gasteiger partial charge in [-0.15, -0.1) is 0 Å². The number of amides is 1. The van der Waals surface area contributed by atoms with E-state index in [1.807, 2.05) is 18.2 Å². The van der Waals surface area contributed by atoms with E-state index in [0.29, 0.717) is 37.3 Å². The van der Waals surface area contributed by atoms with E-state index >= 15 is 0 Å². The lowest BCUT2D eigenvalue weighted by atomic mass is 10.0. The van der Waals surface area contributed by atoms with Gasteiger partial charge in [-0.05, 0) is 51.0 Å². The molecule has 2 aliphatic rings. The van der Waals surface area contributed by atoms with Crippen molar-refractivity contribution in [3.05, 3.63) is 23.8 Å². The molecule has 0 heterocycles. The van der Waals surface area contributed by atoms with Gasteiger partial charge in [-0.25, -0.2) is 0 Å². The SMILES string of the molecule is COc1cccc(CNC(=O)[C@@H]2CC[C@H](C(=O)O)C2)c1OC1CCCC1. The van der Waals surface area contributed by atoms with Crippen LogP contribution in [-0.4, -0.2) is 30.2 Å². The van der Waals surface area contributed by atoms with Crippen molar-refractivity contribution in [3.8, 4) is 11.5 Å². The van der Waals surface area contributed by atoms with E-state index in [-0.39, 0.29) is 17.9 Å². The van der Waals surface area contributed by atoms with Crippen LogP contribution >= 0.6 is 0 Å². The Morgan fingerprint density at radius 1 is 1.15 bits per heavy atom. The first-order chi connectivity index (χ1) is 12.6. The van der Waals surface area contributed by atoms with Gasteiger partial charge in [0.05, 0.1) is 19.1 Å². The summed E-state index contributed by atoms with van der Waals surface area (Å²) in [6.45, 7) is 0.353. The van der Waals surface area contributed by atoms with Crippen LogP contribution in [0, 0.1) is 11.8 Å². The van der Waals surface area contributed by atoms with Crippen LogP contribution in [0.4, 0.5) is 0 Å². The van der Waals surface area contributed by atoms with Gasteiger partial charge < -0.3 is 19.9 Å². The number of para-hydroxylation sites is 1. The summed E-state index contributed by atoms with van der Waals surface area (Å²) >= 11 is 0. The van der Waals surface area contributed by atoms with Crippen molar-refractivity contribution < 1.29 is 24.2 Å². The molecule has 1 aromatic carbocycles. The Morgan fingerprint density at radius 2 is 1.88 bits per heavy atom. The van der Waals surface area contributed by atoms with E-state index in [0.717, 1.165) is 18.4 Å². The first-order valence-electron chi connectivity index (χ1n) is 9.41. The zero-order valence-electron chi connectivity index (χ0n) is 15.2. The average molecular weight is 361 g/mol. The highest BCUT2D eigenvalue weighted by Crippen LogP contribution is 2.35. The highest BCUT2D eigenvalue weighted by Gasteiger charge is 2.33. The fourth-order valence-corrected chi connectivity index (χ4v) is 3.94. The number of carboxylic acid groups (broad SMARTS) is 1. The van der Waals surface area contributed by atoms with Crippen molar-refractivity contribution in [1.82, 2.24) is 5.32 Å². The Balaban J connectivity index is 1.63. The predicted molar refractivity (Wildman–Crippen MR) is 96.2 cm³/mol. The molecule has 2 atom stereocenters. The third kappa shape index (κ3) is 4.29. The number of aliphatic carboxylic acids is 1. The molecule has 2 aliphatic carbocycles. The summed E-state index contributed by atoms with van der Waals surface area (Å²) in [4.78, 5) is 23.5. The molecule has 26 heavy (non-hydrogen) atoms. The van der Waals surface area contributed by atoms with E-state index in [2.05, 4.69) is 5.32 Å². The minimum atomic E-state index is -0.805. The average Bonchev–Trinajstić information content (AvgIpc) is 3.32.